The fourth-order valence-corrected chi connectivity index (χ4v) is 3.18. The van der Waals surface area contributed by atoms with E-state index in [0.717, 1.165) is 18.5 Å². The monoisotopic (exact) mass is 336 g/mol. The Bertz CT molecular complexity index is 600. The molecule has 5 nitrogen and oxygen atoms in total. The molecule has 0 radical (unpaired) electrons. The minimum atomic E-state index is -0.651. The second-order valence-corrected chi connectivity index (χ2v) is 6.87. The van der Waals surface area contributed by atoms with Crippen molar-refractivity contribution in [3.8, 4) is 0 Å². The van der Waals surface area contributed by atoms with Gasteiger partial charge in [-0.2, -0.15) is 0 Å². The highest BCUT2D eigenvalue weighted by atomic mass is 35.5. The van der Waals surface area contributed by atoms with Crippen molar-refractivity contribution in [1.29, 1.82) is 0 Å². The van der Waals surface area contributed by atoms with Gasteiger partial charge in [-0.3, -0.25) is 9.59 Å². The van der Waals surface area contributed by atoms with E-state index in [1.54, 1.807) is 36.2 Å². The van der Waals surface area contributed by atoms with Gasteiger partial charge in [-0.25, -0.2) is 0 Å². The molecule has 2 fully saturated rings. The molecular formula is C17H21ClN2O3. The summed E-state index contributed by atoms with van der Waals surface area (Å²) in [5.74, 6) is -0.714. The van der Waals surface area contributed by atoms with Crippen molar-refractivity contribution < 1.29 is 14.7 Å². The van der Waals surface area contributed by atoms with Crippen LogP contribution < -0.4 is 4.90 Å². The summed E-state index contributed by atoms with van der Waals surface area (Å²) in [4.78, 5) is 28.2. The van der Waals surface area contributed by atoms with Crippen LogP contribution in [0.4, 0.5) is 5.69 Å². The van der Waals surface area contributed by atoms with E-state index in [2.05, 4.69) is 0 Å². The number of anilines is 1. The fraction of sp³-hybridized carbons (Fsp3) is 0.529. The van der Waals surface area contributed by atoms with Crippen molar-refractivity contribution in [3.05, 3.63) is 29.3 Å². The third kappa shape index (κ3) is 3.51. The third-order valence-corrected chi connectivity index (χ3v) is 4.90. The number of rotatable bonds is 5. The van der Waals surface area contributed by atoms with Crippen LogP contribution in [0, 0.1) is 11.8 Å². The predicted molar refractivity (Wildman–Crippen MR) is 88.3 cm³/mol. The zero-order valence-corrected chi connectivity index (χ0v) is 13.9. The molecule has 1 saturated carbocycles. The van der Waals surface area contributed by atoms with Gasteiger partial charge in [0, 0.05) is 30.8 Å². The van der Waals surface area contributed by atoms with Gasteiger partial charge in [0.05, 0.1) is 6.10 Å². The second-order valence-electron chi connectivity index (χ2n) is 6.43. The molecule has 1 aromatic carbocycles. The Labute approximate surface area is 140 Å². The lowest BCUT2D eigenvalue weighted by Crippen LogP contribution is -2.41. The van der Waals surface area contributed by atoms with Crippen molar-refractivity contribution in [2.75, 3.05) is 25.0 Å². The molecule has 1 saturated heterocycles. The minimum Gasteiger partial charge on any atom is -0.391 e. The molecule has 1 aliphatic heterocycles. The summed E-state index contributed by atoms with van der Waals surface area (Å²) in [5.41, 5.74) is 0.760. The quantitative estimate of drug-likeness (QED) is 0.836. The molecule has 1 N–H and O–H groups in total. The van der Waals surface area contributed by atoms with Crippen LogP contribution in [-0.4, -0.2) is 48.1 Å². The highest BCUT2D eigenvalue weighted by Gasteiger charge is 2.40. The Morgan fingerprint density at radius 1 is 1.35 bits per heavy atom. The lowest BCUT2D eigenvalue weighted by atomic mass is 10.1. The van der Waals surface area contributed by atoms with E-state index in [4.69, 9.17) is 11.6 Å². The first-order valence-corrected chi connectivity index (χ1v) is 8.35. The van der Waals surface area contributed by atoms with E-state index in [-0.39, 0.29) is 11.8 Å². The van der Waals surface area contributed by atoms with Crippen LogP contribution >= 0.6 is 11.6 Å². The molecule has 6 heteroatoms. The Kier molecular flexibility index (Phi) is 4.60. The molecule has 2 amide bonds. The molecular weight excluding hydrogens is 316 g/mol. The van der Waals surface area contributed by atoms with E-state index in [0.29, 0.717) is 30.5 Å². The highest BCUT2D eigenvalue weighted by molar-refractivity contribution is 6.30. The van der Waals surface area contributed by atoms with E-state index < -0.39 is 12.0 Å². The van der Waals surface area contributed by atoms with Crippen molar-refractivity contribution in [2.45, 2.75) is 25.4 Å². The number of likely N-dealkylation sites (N-methyl/N-ethyl adjacent to an activating group) is 1. The number of hydrogen-bond acceptors (Lipinski definition) is 3. The van der Waals surface area contributed by atoms with Crippen molar-refractivity contribution in [3.63, 3.8) is 0 Å². The minimum absolute atomic E-state index is 0.176. The lowest BCUT2D eigenvalue weighted by molar-refractivity contribution is -0.140. The molecule has 2 unspecified atom stereocenters. The van der Waals surface area contributed by atoms with Gasteiger partial charge in [-0.15, -0.1) is 0 Å². The van der Waals surface area contributed by atoms with Crippen LogP contribution in [0.15, 0.2) is 24.3 Å². The van der Waals surface area contributed by atoms with E-state index >= 15 is 0 Å². The number of aliphatic hydroxyl groups excluding tert-OH is 1. The van der Waals surface area contributed by atoms with Gasteiger partial charge in [0.1, 0.15) is 5.92 Å². The maximum atomic E-state index is 12.6. The van der Waals surface area contributed by atoms with Crippen LogP contribution in [-0.2, 0) is 9.59 Å². The molecule has 1 heterocycles. The standard InChI is InChI=1S/C17H21ClN2O3/c1-19(10-15(21)11-2-3-11)16(22)14-8-9-20(17(14)23)13-6-4-12(18)5-7-13/h4-7,11,14-15,21H,2-3,8-10H2,1H3. The van der Waals surface area contributed by atoms with Gasteiger partial charge in [-0.05, 0) is 49.4 Å². The number of carbonyl (C=O) groups excluding carboxylic acids is 2. The summed E-state index contributed by atoms with van der Waals surface area (Å²) in [7, 11) is 1.66. The summed E-state index contributed by atoms with van der Waals surface area (Å²) in [6.45, 7) is 0.824. The number of carbonyl (C=O) groups is 2. The van der Waals surface area contributed by atoms with Crippen molar-refractivity contribution in [2.24, 2.45) is 11.8 Å². The smallest absolute Gasteiger partial charge is 0.239 e. The van der Waals surface area contributed by atoms with Gasteiger partial charge in [-0.1, -0.05) is 11.6 Å². The van der Waals surface area contributed by atoms with Crippen molar-refractivity contribution >= 4 is 29.1 Å². The largest absolute Gasteiger partial charge is 0.391 e. The number of amides is 2. The highest BCUT2D eigenvalue weighted by Crippen LogP contribution is 2.33. The normalized spacial score (nSPS) is 22.3. The van der Waals surface area contributed by atoms with Gasteiger partial charge in [0.15, 0.2) is 0 Å². The molecule has 0 aromatic heterocycles. The molecule has 2 aliphatic rings. The van der Waals surface area contributed by atoms with E-state index in [9.17, 15) is 14.7 Å². The molecule has 3 rings (SSSR count). The SMILES string of the molecule is CN(CC(O)C1CC1)C(=O)C1CCN(c2ccc(Cl)cc2)C1=O. The number of halogens is 1. The van der Waals surface area contributed by atoms with Gasteiger partial charge < -0.3 is 14.9 Å². The first-order valence-electron chi connectivity index (χ1n) is 7.97. The molecule has 23 heavy (non-hydrogen) atoms. The number of aliphatic hydroxyl groups is 1. The van der Waals surface area contributed by atoms with Gasteiger partial charge in [0.25, 0.3) is 0 Å². The molecule has 1 aromatic rings. The second kappa shape index (κ2) is 6.49. The first kappa shape index (κ1) is 16.3. The van der Waals surface area contributed by atoms with Gasteiger partial charge in [0.2, 0.25) is 11.8 Å². The summed E-state index contributed by atoms with van der Waals surface area (Å²) >= 11 is 5.87. The third-order valence-electron chi connectivity index (χ3n) is 4.65. The van der Waals surface area contributed by atoms with Crippen LogP contribution in [0.3, 0.4) is 0 Å². The summed E-state index contributed by atoms with van der Waals surface area (Å²) < 4.78 is 0. The van der Waals surface area contributed by atoms with Crippen LogP contribution in [0.1, 0.15) is 19.3 Å². The van der Waals surface area contributed by atoms with Gasteiger partial charge >= 0.3 is 0 Å². The maximum Gasteiger partial charge on any atom is 0.239 e. The number of hydrogen-bond donors (Lipinski definition) is 1. The van der Waals surface area contributed by atoms with E-state index in [1.807, 2.05) is 0 Å². The predicted octanol–water partition coefficient (Wildman–Crippen LogP) is 1.92. The average molecular weight is 337 g/mol. The molecule has 0 bridgehead atoms. The van der Waals surface area contributed by atoms with E-state index in [1.165, 1.54) is 4.90 Å². The summed E-state index contributed by atoms with van der Waals surface area (Å²) in [6, 6.07) is 7.04. The lowest BCUT2D eigenvalue weighted by Gasteiger charge is -2.23. The van der Waals surface area contributed by atoms with Crippen LogP contribution in [0.25, 0.3) is 0 Å². The summed E-state index contributed by atoms with van der Waals surface area (Å²) in [6.07, 6.45) is 2.07. The Hall–Kier alpha value is -1.59. The topological polar surface area (TPSA) is 60.9 Å². The number of benzene rings is 1. The molecule has 1 aliphatic carbocycles. The zero-order valence-electron chi connectivity index (χ0n) is 13.1. The zero-order chi connectivity index (χ0) is 16.6. The Morgan fingerprint density at radius 2 is 2.00 bits per heavy atom. The Balaban J connectivity index is 1.63. The molecule has 124 valence electrons. The molecule has 2 atom stereocenters. The number of nitrogens with zero attached hydrogens (tertiary/aromatic N) is 2. The molecule has 0 spiro atoms. The summed E-state index contributed by atoms with van der Waals surface area (Å²) in [5, 5.41) is 10.6. The van der Waals surface area contributed by atoms with Crippen LogP contribution in [0.5, 0.6) is 0 Å². The maximum absolute atomic E-state index is 12.6. The Morgan fingerprint density at radius 3 is 2.61 bits per heavy atom. The van der Waals surface area contributed by atoms with Crippen molar-refractivity contribution in [1.82, 2.24) is 4.90 Å². The van der Waals surface area contributed by atoms with Crippen LogP contribution in [0.2, 0.25) is 5.02 Å². The first-order chi connectivity index (χ1) is 11.0. The average Bonchev–Trinajstić information content (AvgIpc) is 3.31. The fourth-order valence-electron chi connectivity index (χ4n) is 3.05.